The highest BCUT2D eigenvalue weighted by molar-refractivity contribution is 7.94. The van der Waals surface area contributed by atoms with E-state index < -0.39 is 21.9 Å². The Bertz CT molecular complexity index is 727. The summed E-state index contributed by atoms with van der Waals surface area (Å²) in [5.74, 6) is -0.0875. The second-order valence-electron chi connectivity index (χ2n) is 5.91. The molecule has 8 heteroatoms. The molecule has 0 radical (unpaired) electrons. The SMILES string of the molecule is O=C(Nc1ccccc1CN1CCOCC1)N[C@H]1C=CS(=O)(=O)C1. The van der Waals surface area contributed by atoms with Gasteiger partial charge in [-0.2, -0.15) is 0 Å². The van der Waals surface area contributed by atoms with Crippen molar-refractivity contribution in [3.8, 4) is 0 Å². The minimum absolute atomic E-state index is 0.0875. The van der Waals surface area contributed by atoms with Crippen LogP contribution in [-0.2, 0) is 21.1 Å². The molecular formula is C16H21N3O4S. The average molecular weight is 351 g/mol. The third kappa shape index (κ3) is 4.56. The van der Waals surface area contributed by atoms with E-state index in [1.807, 2.05) is 24.3 Å². The number of sulfone groups is 1. The van der Waals surface area contributed by atoms with Crippen molar-refractivity contribution in [1.29, 1.82) is 0 Å². The third-order valence-corrected chi connectivity index (χ3v) is 5.41. The van der Waals surface area contributed by atoms with Crippen molar-refractivity contribution in [3.63, 3.8) is 0 Å². The summed E-state index contributed by atoms with van der Waals surface area (Å²) < 4.78 is 28.1. The Morgan fingerprint density at radius 2 is 2.00 bits per heavy atom. The fourth-order valence-corrected chi connectivity index (χ4v) is 4.01. The van der Waals surface area contributed by atoms with E-state index in [2.05, 4.69) is 15.5 Å². The molecule has 0 aliphatic carbocycles. The molecule has 2 amide bonds. The average Bonchev–Trinajstić information content (AvgIpc) is 2.89. The van der Waals surface area contributed by atoms with Crippen molar-refractivity contribution in [3.05, 3.63) is 41.3 Å². The number of amides is 2. The lowest BCUT2D eigenvalue weighted by Crippen LogP contribution is -2.39. The Morgan fingerprint density at radius 1 is 1.25 bits per heavy atom. The maximum Gasteiger partial charge on any atom is 0.319 e. The predicted octanol–water partition coefficient (Wildman–Crippen LogP) is 0.951. The maximum atomic E-state index is 12.1. The van der Waals surface area contributed by atoms with Crippen LogP contribution in [0.2, 0.25) is 0 Å². The van der Waals surface area contributed by atoms with Gasteiger partial charge in [-0.1, -0.05) is 18.2 Å². The number of benzene rings is 1. The number of carbonyl (C=O) groups excluding carboxylic acids is 1. The van der Waals surface area contributed by atoms with Crippen LogP contribution in [0.3, 0.4) is 0 Å². The number of hydrogen-bond acceptors (Lipinski definition) is 5. The van der Waals surface area contributed by atoms with Crippen LogP contribution in [0.25, 0.3) is 0 Å². The van der Waals surface area contributed by atoms with Crippen molar-refractivity contribution < 1.29 is 17.9 Å². The number of anilines is 1. The lowest BCUT2D eigenvalue weighted by atomic mass is 10.1. The van der Waals surface area contributed by atoms with E-state index in [1.54, 1.807) is 0 Å². The van der Waals surface area contributed by atoms with Gasteiger partial charge in [0, 0.05) is 30.7 Å². The van der Waals surface area contributed by atoms with E-state index in [-0.39, 0.29) is 5.75 Å². The van der Waals surface area contributed by atoms with Crippen molar-refractivity contribution in [2.24, 2.45) is 0 Å². The summed E-state index contributed by atoms with van der Waals surface area (Å²) in [4.78, 5) is 14.4. The van der Waals surface area contributed by atoms with E-state index in [0.29, 0.717) is 0 Å². The molecule has 1 saturated heterocycles. The summed E-state index contributed by atoms with van der Waals surface area (Å²) in [5, 5.41) is 6.63. The summed E-state index contributed by atoms with van der Waals surface area (Å²) in [7, 11) is -3.18. The Hall–Kier alpha value is -1.90. The van der Waals surface area contributed by atoms with Gasteiger partial charge in [-0.05, 0) is 17.7 Å². The fourth-order valence-electron chi connectivity index (χ4n) is 2.77. The van der Waals surface area contributed by atoms with Crippen LogP contribution < -0.4 is 10.6 Å². The largest absolute Gasteiger partial charge is 0.379 e. The van der Waals surface area contributed by atoms with E-state index in [9.17, 15) is 13.2 Å². The zero-order valence-electron chi connectivity index (χ0n) is 13.3. The van der Waals surface area contributed by atoms with Crippen molar-refractivity contribution in [2.45, 2.75) is 12.6 Å². The minimum atomic E-state index is -3.18. The van der Waals surface area contributed by atoms with Gasteiger partial charge >= 0.3 is 6.03 Å². The van der Waals surface area contributed by atoms with Gasteiger partial charge in [0.25, 0.3) is 0 Å². The number of nitrogens with zero attached hydrogens (tertiary/aromatic N) is 1. The molecule has 2 heterocycles. The van der Waals surface area contributed by atoms with Gasteiger partial charge in [0.2, 0.25) is 0 Å². The molecule has 0 spiro atoms. The number of morpholine rings is 1. The summed E-state index contributed by atoms with van der Waals surface area (Å²) >= 11 is 0. The molecule has 0 aromatic heterocycles. The molecule has 0 saturated carbocycles. The van der Waals surface area contributed by atoms with Gasteiger partial charge in [0.15, 0.2) is 9.84 Å². The Labute approximate surface area is 141 Å². The zero-order valence-corrected chi connectivity index (χ0v) is 14.1. The van der Waals surface area contributed by atoms with Crippen LogP contribution >= 0.6 is 0 Å². The lowest BCUT2D eigenvalue weighted by Gasteiger charge is -2.27. The molecule has 7 nitrogen and oxygen atoms in total. The van der Waals surface area contributed by atoms with Crippen LogP contribution in [0.5, 0.6) is 0 Å². The van der Waals surface area contributed by atoms with E-state index >= 15 is 0 Å². The lowest BCUT2D eigenvalue weighted by molar-refractivity contribution is 0.0343. The molecular weight excluding hydrogens is 330 g/mol. The normalized spacial score (nSPS) is 23.1. The number of urea groups is 1. The number of ether oxygens (including phenoxy) is 1. The third-order valence-electron chi connectivity index (χ3n) is 4.01. The zero-order chi connectivity index (χ0) is 17.0. The Morgan fingerprint density at radius 3 is 2.71 bits per heavy atom. The van der Waals surface area contributed by atoms with Gasteiger partial charge in [-0.3, -0.25) is 4.90 Å². The Balaban J connectivity index is 1.60. The van der Waals surface area contributed by atoms with Gasteiger partial charge in [0.05, 0.1) is 25.0 Å². The summed E-state index contributed by atoms with van der Waals surface area (Å²) in [6.45, 7) is 3.91. The van der Waals surface area contributed by atoms with E-state index in [4.69, 9.17) is 4.74 Å². The molecule has 1 aromatic rings. The highest BCUT2D eigenvalue weighted by Gasteiger charge is 2.23. The predicted molar refractivity (Wildman–Crippen MR) is 91.4 cm³/mol. The highest BCUT2D eigenvalue weighted by atomic mass is 32.2. The van der Waals surface area contributed by atoms with Crippen LogP contribution in [0.15, 0.2) is 35.7 Å². The quantitative estimate of drug-likeness (QED) is 0.843. The topological polar surface area (TPSA) is 87.7 Å². The fraction of sp³-hybridized carbons (Fsp3) is 0.438. The van der Waals surface area contributed by atoms with Crippen LogP contribution in [0.4, 0.5) is 10.5 Å². The molecule has 3 rings (SSSR count). The first-order valence-corrected chi connectivity index (χ1v) is 9.60. The van der Waals surface area contributed by atoms with E-state index in [1.165, 1.54) is 6.08 Å². The molecule has 24 heavy (non-hydrogen) atoms. The summed E-state index contributed by atoms with van der Waals surface area (Å²) in [6.07, 6.45) is 1.49. The molecule has 2 aliphatic rings. The van der Waals surface area contributed by atoms with Gasteiger partial charge in [-0.25, -0.2) is 13.2 Å². The molecule has 1 aromatic carbocycles. The second-order valence-corrected chi connectivity index (χ2v) is 7.84. The number of rotatable bonds is 4. The van der Waals surface area contributed by atoms with Crippen molar-refractivity contribution in [2.75, 3.05) is 37.4 Å². The van der Waals surface area contributed by atoms with Gasteiger partial charge in [-0.15, -0.1) is 0 Å². The monoisotopic (exact) mass is 351 g/mol. The molecule has 0 unspecified atom stereocenters. The first-order chi connectivity index (χ1) is 11.5. The Kier molecular flexibility index (Phi) is 5.17. The molecule has 1 fully saturated rings. The van der Waals surface area contributed by atoms with Gasteiger partial charge in [0.1, 0.15) is 0 Å². The van der Waals surface area contributed by atoms with Crippen molar-refractivity contribution >= 4 is 21.6 Å². The number of para-hydroxylation sites is 1. The van der Waals surface area contributed by atoms with Crippen LogP contribution in [0.1, 0.15) is 5.56 Å². The van der Waals surface area contributed by atoms with Crippen LogP contribution in [0, 0.1) is 0 Å². The summed E-state index contributed by atoms with van der Waals surface area (Å²) in [5.41, 5.74) is 1.75. The van der Waals surface area contributed by atoms with E-state index in [0.717, 1.165) is 49.5 Å². The molecule has 2 aliphatic heterocycles. The van der Waals surface area contributed by atoms with Crippen LogP contribution in [-0.4, -0.2) is 57.4 Å². The molecule has 0 bridgehead atoms. The summed E-state index contributed by atoms with van der Waals surface area (Å²) in [6, 6.07) is 6.73. The first kappa shape index (κ1) is 16.9. The molecule has 130 valence electrons. The second kappa shape index (κ2) is 7.33. The standard InChI is InChI=1S/C16H21N3O4S/c20-16(17-14-5-10-24(21,22)12-14)18-15-4-2-1-3-13(15)11-19-6-8-23-9-7-19/h1-5,10,14H,6-9,11-12H2,(H2,17,18,20)/t14-/m0/s1. The molecule has 1 atom stereocenters. The number of carbonyl (C=O) groups is 1. The smallest absolute Gasteiger partial charge is 0.319 e. The van der Waals surface area contributed by atoms with Crippen molar-refractivity contribution in [1.82, 2.24) is 10.2 Å². The molecule has 2 N–H and O–H groups in total. The number of hydrogen-bond donors (Lipinski definition) is 2. The highest BCUT2D eigenvalue weighted by Crippen LogP contribution is 2.18. The number of nitrogens with one attached hydrogen (secondary N) is 2. The minimum Gasteiger partial charge on any atom is -0.379 e. The van der Waals surface area contributed by atoms with Gasteiger partial charge < -0.3 is 15.4 Å². The first-order valence-electron chi connectivity index (χ1n) is 7.88. The maximum absolute atomic E-state index is 12.1.